The Morgan fingerprint density at radius 3 is 2.41 bits per heavy atom. The minimum Gasteiger partial charge on any atom is -0.508 e. The molecule has 0 saturated carbocycles. The number of fused-ring (bicyclic) bond motifs is 1. The standard InChI is InChI=1S/C27H25NO3S2.C6H14.C2H6/c1-4-21(33-22-8-6-5-7-9-22)11-10-17(2)23-16-32-26(28-23)14-20-13-19-12-18(3)24(29)15-25(19)31-27(20)30;1-3-5-6-4-2;1-2/h4-13,15-17,29H,14H2,1-3H3;3-6H2,1-2H3;1-2H3/b11-10-,21-4+;;. The molecule has 0 radical (unpaired) electrons. The highest BCUT2D eigenvalue weighted by Gasteiger charge is 2.13. The molecule has 0 saturated heterocycles. The van der Waals surface area contributed by atoms with Crippen molar-refractivity contribution in [3.05, 3.63) is 109 Å². The molecule has 0 fully saturated rings. The summed E-state index contributed by atoms with van der Waals surface area (Å²) in [4.78, 5) is 19.6. The first kappa shape index (κ1) is 34.1. The third-order valence-corrected chi connectivity index (χ3v) is 8.25. The van der Waals surface area contributed by atoms with Crippen molar-refractivity contribution < 1.29 is 9.52 Å². The van der Waals surface area contributed by atoms with Gasteiger partial charge in [0, 0.05) is 44.5 Å². The Labute approximate surface area is 254 Å². The quantitative estimate of drug-likeness (QED) is 0.0860. The first-order valence-corrected chi connectivity index (χ1v) is 16.3. The number of unbranched alkanes of at least 4 members (excludes halogenated alkanes) is 3. The lowest BCUT2D eigenvalue weighted by atomic mass is 10.1. The summed E-state index contributed by atoms with van der Waals surface area (Å²) >= 11 is 3.28. The Balaban J connectivity index is 0.000000654. The Morgan fingerprint density at radius 1 is 1.10 bits per heavy atom. The molecule has 2 heterocycles. The minimum absolute atomic E-state index is 0.119. The van der Waals surface area contributed by atoms with Gasteiger partial charge in [-0.2, -0.15) is 0 Å². The van der Waals surface area contributed by atoms with E-state index in [1.54, 1.807) is 23.1 Å². The highest BCUT2D eigenvalue weighted by molar-refractivity contribution is 8.03. The van der Waals surface area contributed by atoms with Crippen LogP contribution in [0, 0.1) is 6.92 Å². The van der Waals surface area contributed by atoms with Crippen molar-refractivity contribution in [2.45, 2.75) is 91.4 Å². The molecule has 6 heteroatoms. The lowest BCUT2D eigenvalue weighted by Gasteiger charge is -2.05. The fraction of sp³-hybridized carbons (Fsp3) is 0.371. The van der Waals surface area contributed by atoms with Gasteiger partial charge in [0.2, 0.25) is 0 Å². The third-order valence-electron chi connectivity index (χ3n) is 6.27. The van der Waals surface area contributed by atoms with Crippen LogP contribution in [0.25, 0.3) is 11.0 Å². The van der Waals surface area contributed by atoms with Gasteiger partial charge in [0.15, 0.2) is 0 Å². The summed E-state index contributed by atoms with van der Waals surface area (Å²) in [5, 5.41) is 13.6. The Hall–Kier alpha value is -3.09. The van der Waals surface area contributed by atoms with E-state index >= 15 is 0 Å². The molecule has 2 aromatic heterocycles. The largest absolute Gasteiger partial charge is 0.508 e. The number of aromatic hydroxyl groups is 1. The van der Waals surface area contributed by atoms with E-state index in [2.05, 4.69) is 56.5 Å². The van der Waals surface area contributed by atoms with Crippen molar-refractivity contribution in [3.8, 4) is 5.75 Å². The van der Waals surface area contributed by atoms with Gasteiger partial charge in [-0.25, -0.2) is 9.78 Å². The summed E-state index contributed by atoms with van der Waals surface area (Å²) in [6.45, 7) is 14.4. The molecule has 220 valence electrons. The number of nitrogens with zero attached hydrogens (tertiary/aromatic N) is 1. The number of hydrogen-bond acceptors (Lipinski definition) is 6. The molecule has 2 aromatic carbocycles. The third kappa shape index (κ3) is 11.0. The molecule has 4 nitrogen and oxygen atoms in total. The van der Waals surface area contributed by atoms with Crippen LogP contribution in [0.15, 0.2) is 91.2 Å². The molecule has 1 unspecified atom stereocenters. The van der Waals surface area contributed by atoms with Crippen LogP contribution < -0.4 is 5.63 Å². The van der Waals surface area contributed by atoms with Crippen LogP contribution in [0.2, 0.25) is 0 Å². The average Bonchev–Trinajstić information content (AvgIpc) is 3.46. The summed E-state index contributed by atoms with van der Waals surface area (Å²) in [6, 6.07) is 15.4. The predicted molar refractivity (Wildman–Crippen MR) is 179 cm³/mol. The molecule has 4 rings (SSSR count). The number of hydrogen-bond donors (Lipinski definition) is 1. The first-order chi connectivity index (χ1) is 19.8. The summed E-state index contributed by atoms with van der Waals surface area (Å²) < 4.78 is 5.42. The second-order valence-corrected chi connectivity index (χ2v) is 11.6. The number of allylic oxidation sites excluding steroid dienone is 3. The SMILES string of the molecule is C/C=C(\C=C/C(C)c1csc(Cc2cc3cc(C)c(O)cc3oc2=O)n1)Sc1ccccc1.CC.CCCCCC. The molecular formula is C35H45NO3S2. The maximum atomic E-state index is 12.4. The van der Waals surface area contributed by atoms with Crippen molar-refractivity contribution in [1.82, 2.24) is 4.98 Å². The van der Waals surface area contributed by atoms with Crippen LogP contribution in [-0.4, -0.2) is 10.1 Å². The van der Waals surface area contributed by atoms with Crippen LogP contribution >= 0.6 is 23.1 Å². The maximum absolute atomic E-state index is 12.4. The second kappa shape index (κ2) is 18.4. The summed E-state index contributed by atoms with van der Waals surface area (Å²) in [7, 11) is 0. The van der Waals surface area contributed by atoms with E-state index in [-0.39, 0.29) is 11.7 Å². The van der Waals surface area contributed by atoms with Crippen LogP contribution in [0.4, 0.5) is 0 Å². The van der Waals surface area contributed by atoms with Gasteiger partial charge >= 0.3 is 5.63 Å². The van der Waals surface area contributed by atoms with E-state index in [0.717, 1.165) is 21.7 Å². The molecule has 0 aliphatic carbocycles. The van der Waals surface area contributed by atoms with Crippen LogP contribution in [0.3, 0.4) is 0 Å². The Bertz CT molecular complexity index is 1450. The minimum atomic E-state index is -0.397. The van der Waals surface area contributed by atoms with Gasteiger partial charge in [0.1, 0.15) is 11.3 Å². The number of thiazole rings is 1. The Kier molecular flexibility index (Phi) is 15.3. The van der Waals surface area contributed by atoms with E-state index in [9.17, 15) is 9.90 Å². The number of phenols is 1. The molecule has 0 aliphatic heterocycles. The van der Waals surface area contributed by atoms with Gasteiger partial charge in [-0.1, -0.05) is 108 Å². The zero-order valence-electron chi connectivity index (χ0n) is 25.6. The molecule has 0 amide bonds. The summed E-state index contributed by atoms with van der Waals surface area (Å²) in [6.07, 6.45) is 12.4. The average molecular weight is 592 g/mol. The van der Waals surface area contributed by atoms with Crippen LogP contribution in [0.1, 0.15) is 95.0 Å². The van der Waals surface area contributed by atoms with Gasteiger partial charge in [0.25, 0.3) is 0 Å². The number of benzene rings is 2. The van der Waals surface area contributed by atoms with Crippen LogP contribution in [-0.2, 0) is 6.42 Å². The molecule has 1 atom stereocenters. The number of aromatic nitrogens is 1. The molecule has 41 heavy (non-hydrogen) atoms. The zero-order valence-corrected chi connectivity index (χ0v) is 27.2. The number of aryl methyl sites for hydroxylation is 1. The number of thioether (sulfide) groups is 1. The zero-order chi connectivity index (χ0) is 30.2. The highest BCUT2D eigenvalue weighted by Crippen LogP contribution is 2.29. The normalized spacial score (nSPS) is 12.0. The lowest BCUT2D eigenvalue weighted by Crippen LogP contribution is -2.07. The summed E-state index contributed by atoms with van der Waals surface area (Å²) in [5.74, 6) is 0.271. The fourth-order valence-electron chi connectivity index (χ4n) is 3.87. The van der Waals surface area contributed by atoms with Crippen molar-refractivity contribution in [2.75, 3.05) is 0 Å². The van der Waals surface area contributed by atoms with Gasteiger partial charge in [0.05, 0.1) is 10.7 Å². The molecule has 0 bridgehead atoms. The first-order valence-electron chi connectivity index (χ1n) is 14.6. The molecule has 4 aromatic rings. The molecular weight excluding hydrogens is 547 g/mol. The predicted octanol–water partition coefficient (Wildman–Crippen LogP) is 10.8. The van der Waals surface area contributed by atoms with E-state index in [1.165, 1.54) is 41.6 Å². The van der Waals surface area contributed by atoms with Crippen molar-refractivity contribution in [2.24, 2.45) is 0 Å². The lowest BCUT2D eigenvalue weighted by molar-refractivity contribution is 0.468. The molecule has 0 spiro atoms. The van der Waals surface area contributed by atoms with E-state index in [4.69, 9.17) is 9.40 Å². The van der Waals surface area contributed by atoms with Gasteiger partial charge in [-0.15, -0.1) is 11.3 Å². The number of rotatable bonds is 10. The monoisotopic (exact) mass is 591 g/mol. The molecule has 0 aliphatic rings. The van der Waals surface area contributed by atoms with E-state index in [1.807, 2.05) is 58.0 Å². The topological polar surface area (TPSA) is 63.3 Å². The van der Waals surface area contributed by atoms with E-state index in [0.29, 0.717) is 17.6 Å². The second-order valence-electron chi connectivity index (χ2n) is 9.54. The highest BCUT2D eigenvalue weighted by atomic mass is 32.2. The van der Waals surface area contributed by atoms with Gasteiger partial charge in [-0.05, 0) is 43.7 Å². The smallest absolute Gasteiger partial charge is 0.339 e. The summed E-state index contributed by atoms with van der Waals surface area (Å²) in [5.41, 5.74) is 2.28. The van der Waals surface area contributed by atoms with Crippen molar-refractivity contribution in [3.63, 3.8) is 0 Å². The van der Waals surface area contributed by atoms with Gasteiger partial charge < -0.3 is 9.52 Å². The Morgan fingerprint density at radius 2 is 1.78 bits per heavy atom. The van der Waals surface area contributed by atoms with E-state index < -0.39 is 5.63 Å². The van der Waals surface area contributed by atoms with Crippen LogP contribution in [0.5, 0.6) is 5.75 Å². The van der Waals surface area contributed by atoms with Crippen molar-refractivity contribution >= 4 is 34.1 Å². The van der Waals surface area contributed by atoms with Crippen molar-refractivity contribution in [1.29, 1.82) is 0 Å². The van der Waals surface area contributed by atoms with Gasteiger partial charge in [-0.3, -0.25) is 0 Å². The molecule has 1 N–H and O–H groups in total. The number of phenolic OH excluding ortho intramolecular Hbond substituents is 1. The fourth-order valence-corrected chi connectivity index (χ4v) is 5.62. The maximum Gasteiger partial charge on any atom is 0.339 e.